The Morgan fingerprint density at radius 2 is 1.91 bits per heavy atom. The maximum absolute atomic E-state index is 13.6. The number of rotatable bonds is 2. The highest BCUT2D eigenvalue weighted by atomic mass is 19.1. The molecule has 0 saturated heterocycles. The molecule has 23 heavy (non-hydrogen) atoms. The number of hydrogen-bond donors (Lipinski definition) is 0. The lowest BCUT2D eigenvalue weighted by atomic mass is 9.90. The smallest absolute Gasteiger partial charge is 0.271 e. The molecule has 4 rings (SSSR count). The molecule has 2 aliphatic rings. The van der Waals surface area contributed by atoms with Crippen molar-refractivity contribution >= 4 is 5.70 Å². The molecule has 0 bridgehead atoms. The predicted octanol–water partition coefficient (Wildman–Crippen LogP) is 2.83. The number of halogens is 3. The van der Waals surface area contributed by atoms with E-state index in [1.807, 2.05) is 0 Å². The fourth-order valence-electron chi connectivity index (χ4n) is 3.38. The first kappa shape index (κ1) is 14.3. The first-order valence-corrected chi connectivity index (χ1v) is 7.41. The molecule has 4 nitrogen and oxygen atoms in total. The zero-order valence-electron chi connectivity index (χ0n) is 12.4. The lowest BCUT2D eigenvalue weighted by Gasteiger charge is -2.27. The van der Waals surface area contributed by atoms with Gasteiger partial charge in [0, 0.05) is 18.9 Å². The summed E-state index contributed by atoms with van der Waals surface area (Å²) >= 11 is 0. The molecule has 0 fully saturated rings. The Kier molecular flexibility index (Phi) is 2.86. The number of aryl methyl sites for hydroxylation is 1. The second kappa shape index (κ2) is 4.59. The van der Waals surface area contributed by atoms with E-state index in [9.17, 15) is 18.0 Å². The second-order valence-corrected chi connectivity index (χ2v) is 6.33. The summed E-state index contributed by atoms with van der Waals surface area (Å²) in [5.74, 6) is -0.800. The fourth-order valence-corrected chi connectivity index (χ4v) is 3.38. The molecule has 1 aliphatic heterocycles. The van der Waals surface area contributed by atoms with Crippen LogP contribution in [0.2, 0.25) is 0 Å². The molecular weight excluding hydrogens is 307 g/mol. The third kappa shape index (κ3) is 2.22. The highest BCUT2D eigenvalue weighted by molar-refractivity contribution is 5.56. The van der Waals surface area contributed by atoms with E-state index in [4.69, 9.17) is 0 Å². The van der Waals surface area contributed by atoms with E-state index >= 15 is 0 Å². The topological polar surface area (TPSA) is 39.8 Å². The molecule has 0 spiro atoms. The lowest BCUT2D eigenvalue weighted by Crippen LogP contribution is -2.34. The lowest BCUT2D eigenvalue weighted by molar-refractivity contribution is 0.238. The molecule has 0 radical (unpaired) electrons. The van der Waals surface area contributed by atoms with Crippen LogP contribution in [-0.4, -0.2) is 20.0 Å². The number of benzene rings is 1. The molecule has 0 saturated carbocycles. The number of aromatic nitrogens is 3. The highest BCUT2D eigenvalue weighted by Gasteiger charge is 2.36. The number of allylic oxidation sites excluding steroid dienone is 2. The van der Waals surface area contributed by atoms with Gasteiger partial charge in [-0.25, -0.2) is 18.0 Å². The first-order valence-electron chi connectivity index (χ1n) is 7.41. The summed E-state index contributed by atoms with van der Waals surface area (Å²) in [4.78, 5) is 12.6. The van der Waals surface area contributed by atoms with E-state index in [-0.39, 0.29) is 6.42 Å². The molecule has 120 valence electrons. The predicted molar refractivity (Wildman–Crippen MR) is 77.7 cm³/mol. The van der Waals surface area contributed by atoms with Gasteiger partial charge in [-0.15, -0.1) is 0 Å². The molecule has 7 heteroatoms. The van der Waals surface area contributed by atoms with Gasteiger partial charge in [0.1, 0.15) is 23.1 Å². The minimum absolute atomic E-state index is 0.128. The summed E-state index contributed by atoms with van der Waals surface area (Å²) in [7, 11) is 0. The normalized spacial score (nSPS) is 25.9. The summed E-state index contributed by atoms with van der Waals surface area (Å²) in [6.07, 6.45) is 2.59. The zero-order valence-corrected chi connectivity index (χ0v) is 12.4. The minimum atomic E-state index is -1.41. The van der Waals surface area contributed by atoms with Crippen LogP contribution in [0.15, 0.2) is 29.1 Å². The number of alkyl halides is 1. The van der Waals surface area contributed by atoms with Crippen molar-refractivity contribution in [1.82, 2.24) is 14.3 Å². The Morgan fingerprint density at radius 3 is 2.52 bits per heavy atom. The van der Waals surface area contributed by atoms with Gasteiger partial charge in [0.25, 0.3) is 0 Å². The van der Waals surface area contributed by atoms with Crippen molar-refractivity contribution in [3.63, 3.8) is 0 Å². The van der Waals surface area contributed by atoms with Crippen LogP contribution in [0.4, 0.5) is 13.2 Å². The van der Waals surface area contributed by atoms with Gasteiger partial charge in [-0.05, 0) is 37.1 Å². The van der Waals surface area contributed by atoms with Crippen LogP contribution in [0.1, 0.15) is 37.2 Å². The van der Waals surface area contributed by atoms with Crippen LogP contribution in [0.3, 0.4) is 0 Å². The van der Waals surface area contributed by atoms with Gasteiger partial charge in [-0.3, -0.25) is 4.57 Å². The summed E-state index contributed by atoms with van der Waals surface area (Å²) in [6.45, 7) is 1.43. The maximum atomic E-state index is 13.6. The second-order valence-electron chi connectivity index (χ2n) is 6.33. The monoisotopic (exact) mass is 321 g/mol. The van der Waals surface area contributed by atoms with Crippen LogP contribution >= 0.6 is 0 Å². The van der Waals surface area contributed by atoms with Crippen molar-refractivity contribution in [3.05, 3.63) is 57.8 Å². The van der Waals surface area contributed by atoms with Gasteiger partial charge in [-0.1, -0.05) is 0 Å². The highest BCUT2D eigenvalue weighted by Crippen LogP contribution is 2.37. The Labute approximate surface area is 129 Å². The van der Waals surface area contributed by atoms with Crippen molar-refractivity contribution in [3.8, 4) is 0 Å². The molecule has 1 aliphatic carbocycles. The zero-order chi connectivity index (χ0) is 16.4. The number of nitrogens with zero attached hydrogens (tertiary/aromatic N) is 3. The molecule has 2 heterocycles. The van der Waals surface area contributed by atoms with Crippen LogP contribution in [0.25, 0.3) is 5.70 Å². The van der Waals surface area contributed by atoms with E-state index in [1.54, 1.807) is 0 Å². The maximum Gasteiger partial charge on any atom is 0.350 e. The van der Waals surface area contributed by atoms with Crippen molar-refractivity contribution in [1.29, 1.82) is 0 Å². The number of hydrogen-bond acceptors (Lipinski definition) is 2. The third-order valence-corrected chi connectivity index (χ3v) is 4.37. The average Bonchev–Trinajstić information content (AvgIpc) is 2.96. The van der Waals surface area contributed by atoms with Crippen molar-refractivity contribution in [2.24, 2.45) is 0 Å². The molecule has 2 atom stereocenters. The number of fused-ring (bicyclic) bond motifs is 1. The summed E-state index contributed by atoms with van der Waals surface area (Å²) in [6, 6.07) is 2.81. The van der Waals surface area contributed by atoms with Crippen molar-refractivity contribution < 1.29 is 13.2 Å². The average molecular weight is 321 g/mol. The van der Waals surface area contributed by atoms with Gasteiger partial charge in [0.05, 0.1) is 11.7 Å². The van der Waals surface area contributed by atoms with Gasteiger partial charge in [0.15, 0.2) is 0 Å². The van der Waals surface area contributed by atoms with Crippen molar-refractivity contribution in [2.75, 3.05) is 0 Å². The van der Waals surface area contributed by atoms with E-state index in [0.717, 1.165) is 6.07 Å². The minimum Gasteiger partial charge on any atom is -0.271 e. The van der Waals surface area contributed by atoms with E-state index in [2.05, 4.69) is 5.10 Å². The Bertz CT molecular complexity index is 874. The largest absolute Gasteiger partial charge is 0.350 e. The molecule has 0 N–H and O–H groups in total. The van der Waals surface area contributed by atoms with Gasteiger partial charge < -0.3 is 0 Å². The van der Waals surface area contributed by atoms with Gasteiger partial charge in [-0.2, -0.15) is 9.78 Å². The Hall–Kier alpha value is -2.31. The molecule has 1 aromatic heterocycles. The SMILES string of the molecule is CC1(F)C=C(n2nc3n(c2=O)[C@H](c2cc(F)cc(F)c2)CC3)C1. The van der Waals surface area contributed by atoms with Crippen LogP contribution in [0, 0.1) is 11.6 Å². The molecular formula is C16H14F3N3O. The molecule has 2 aromatic rings. The molecule has 1 aromatic carbocycles. The Morgan fingerprint density at radius 1 is 1.26 bits per heavy atom. The fraction of sp³-hybridized carbons (Fsp3) is 0.375. The standard InChI is InChI=1S/C16H14F3N3O/c1-16(19)7-12(8-16)22-15(23)21-13(2-3-14(21)20-22)9-4-10(17)6-11(18)5-9/h4-7,13H,2-3,8H2,1H3/t13-,16?/m0/s1. The van der Waals surface area contributed by atoms with Gasteiger partial charge in [0.2, 0.25) is 0 Å². The van der Waals surface area contributed by atoms with Crippen LogP contribution in [-0.2, 0) is 6.42 Å². The van der Waals surface area contributed by atoms with E-state index in [0.29, 0.717) is 29.9 Å². The van der Waals surface area contributed by atoms with Gasteiger partial charge >= 0.3 is 5.69 Å². The summed E-state index contributed by atoms with van der Waals surface area (Å²) < 4.78 is 43.1. The summed E-state index contributed by atoms with van der Waals surface area (Å²) in [5, 5.41) is 4.24. The van der Waals surface area contributed by atoms with Crippen LogP contribution in [0.5, 0.6) is 0 Å². The quantitative estimate of drug-likeness (QED) is 0.853. The Balaban J connectivity index is 1.78. The van der Waals surface area contributed by atoms with E-state index < -0.39 is 29.0 Å². The van der Waals surface area contributed by atoms with E-state index in [1.165, 1.54) is 34.4 Å². The summed E-state index contributed by atoms with van der Waals surface area (Å²) in [5.41, 5.74) is -0.880. The van der Waals surface area contributed by atoms with Crippen LogP contribution < -0.4 is 5.69 Å². The van der Waals surface area contributed by atoms with Crippen molar-refractivity contribution in [2.45, 2.75) is 37.9 Å². The first-order chi connectivity index (χ1) is 10.8. The molecule has 0 amide bonds. The molecule has 1 unspecified atom stereocenters. The third-order valence-electron chi connectivity index (χ3n) is 4.37.